The van der Waals surface area contributed by atoms with Crippen LogP contribution in [-0.2, 0) is 23.9 Å². The van der Waals surface area contributed by atoms with Crippen LogP contribution < -0.4 is 5.46 Å². The summed E-state index contributed by atoms with van der Waals surface area (Å²) >= 11 is 0. The molecule has 2 aliphatic heterocycles. The Kier molecular flexibility index (Phi) is 7.18. The number of aromatic nitrogens is 2. The number of hydrogen-bond donors (Lipinski definition) is 0. The van der Waals surface area contributed by atoms with Crippen molar-refractivity contribution < 1.29 is 27.3 Å². The van der Waals surface area contributed by atoms with Gasteiger partial charge in [0.2, 0.25) is 15.0 Å². The third-order valence-corrected chi connectivity index (χ3v) is 7.97. The zero-order valence-electron chi connectivity index (χ0n) is 20.8. The van der Waals surface area contributed by atoms with E-state index in [2.05, 4.69) is 9.97 Å². The maximum atomic E-state index is 12.9. The van der Waals surface area contributed by atoms with Gasteiger partial charge in [0.05, 0.1) is 17.0 Å². The highest BCUT2D eigenvalue weighted by atomic mass is 32.2. The maximum absolute atomic E-state index is 12.9. The van der Waals surface area contributed by atoms with Gasteiger partial charge in [0.25, 0.3) is 0 Å². The molecule has 2 aliphatic rings. The Morgan fingerprint density at radius 1 is 1.15 bits per heavy atom. The monoisotopic (exact) mass is 481 g/mol. The lowest BCUT2D eigenvalue weighted by atomic mass is 9.81. The van der Waals surface area contributed by atoms with E-state index in [4.69, 9.17) is 14.0 Å². The number of rotatable bonds is 5. The summed E-state index contributed by atoms with van der Waals surface area (Å²) in [5.41, 5.74) is -1.06. The van der Waals surface area contributed by atoms with E-state index in [9.17, 15) is 13.2 Å². The molecule has 2 saturated heterocycles. The summed E-state index contributed by atoms with van der Waals surface area (Å²) in [6.07, 6.45) is 5.37. The molecule has 1 atom stereocenters. The first-order valence-corrected chi connectivity index (χ1v) is 13.2. The number of sulfone groups is 1. The predicted molar refractivity (Wildman–Crippen MR) is 125 cm³/mol. The van der Waals surface area contributed by atoms with Crippen molar-refractivity contribution in [1.29, 1.82) is 0 Å². The maximum Gasteiger partial charge on any atom is 0.498 e. The highest BCUT2D eigenvalue weighted by Crippen LogP contribution is 2.36. The molecule has 3 rings (SSSR count). The van der Waals surface area contributed by atoms with Crippen LogP contribution in [0.5, 0.6) is 0 Å². The number of hydrogen-bond acceptors (Lipinski definition) is 8. The van der Waals surface area contributed by atoms with Gasteiger partial charge in [0.1, 0.15) is 5.60 Å². The first-order valence-electron chi connectivity index (χ1n) is 11.5. The molecule has 33 heavy (non-hydrogen) atoms. The smallest absolute Gasteiger partial charge is 0.444 e. The van der Waals surface area contributed by atoms with Crippen molar-refractivity contribution in [3.63, 3.8) is 0 Å². The van der Waals surface area contributed by atoms with Gasteiger partial charge in [-0.2, -0.15) is 0 Å². The molecule has 0 bridgehead atoms. The Bertz CT molecular complexity index is 943. The lowest BCUT2D eigenvalue weighted by Crippen LogP contribution is -2.46. The van der Waals surface area contributed by atoms with Crippen LogP contribution in [0.1, 0.15) is 74.1 Å². The Hall–Kier alpha value is -1.72. The summed E-state index contributed by atoms with van der Waals surface area (Å²) in [6.45, 7) is 13.8. The lowest BCUT2D eigenvalue weighted by molar-refractivity contribution is 0.00578. The summed E-state index contributed by atoms with van der Waals surface area (Å²) in [5, 5.41) is -0.234. The average Bonchev–Trinajstić information content (AvgIpc) is 2.93. The molecule has 9 nitrogen and oxygen atoms in total. The molecular formula is C22H36BN3O6S. The van der Waals surface area contributed by atoms with Crippen LogP contribution in [0.2, 0.25) is 0 Å². The van der Waals surface area contributed by atoms with Crippen molar-refractivity contribution in [3.8, 4) is 0 Å². The van der Waals surface area contributed by atoms with Crippen molar-refractivity contribution >= 4 is 28.5 Å². The molecule has 1 aromatic heterocycles. The lowest BCUT2D eigenvalue weighted by Gasteiger charge is -2.36. The Morgan fingerprint density at radius 3 is 2.27 bits per heavy atom. The number of nitrogens with zero attached hydrogens (tertiary/aromatic N) is 3. The van der Waals surface area contributed by atoms with Crippen LogP contribution in [0, 0.1) is 0 Å². The van der Waals surface area contributed by atoms with Gasteiger partial charge in [0, 0.05) is 30.4 Å². The molecule has 2 fully saturated rings. The third-order valence-electron chi connectivity index (χ3n) is 6.43. The molecule has 11 heteroatoms. The largest absolute Gasteiger partial charge is 0.498 e. The number of carbonyl (C=O) groups is 1. The normalized spacial score (nSPS) is 22.9. The van der Waals surface area contributed by atoms with Gasteiger partial charge in [-0.1, -0.05) is 0 Å². The van der Waals surface area contributed by atoms with Crippen molar-refractivity contribution in [1.82, 2.24) is 14.9 Å². The van der Waals surface area contributed by atoms with Gasteiger partial charge in [-0.15, -0.1) is 0 Å². The first kappa shape index (κ1) is 25.9. The van der Waals surface area contributed by atoms with Crippen molar-refractivity contribution in [3.05, 3.63) is 12.4 Å². The molecule has 0 radical (unpaired) electrons. The second kappa shape index (κ2) is 9.15. The van der Waals surface area contributed by atoms with E-state index in [0.717, 1.165) is 19.3 Å². The Morgan fingerprint density at radius 2 is 1.73 bits per heavy atom. The number of amides is 1. The summed E-state index contributed by atoms with van der Waals surface area (Å²) in [4.78, 5) is 22.4. The molecule has 0 unspecified atom stereocenters. The standard InChI is InChI=1S/C22H36BN3O6S/c1-20(2,3)30-19(27)26-12-9-8-10-17(26)11-13-33(28,29)18-24-14-16(15-25-18)23-31-21(4,5)22(6,7)32-23/h14-15,17H,8-13H2,1-7H3/t17-/m1/s1. The second-order valence-corrected chi connectivity index (χ2v) is 12.8. The minimum absolute atomic E-state index is 0.146. The van der Waals surface area contributed by atoms with E-state index in [1.54, 1.807) is 4.90 Å². The molecule has 1 aromatic rings. The summed E-state index contributed by atoms with van der Waals surface area (Å²) in [7, 11) is -4.37. The fourth-order valence-corrected chi connectivity index (χ4v) is 5.02. The molecule has 1 amide bonds. The molecule has 0 saturated carbocycles. The molecule has 0 spiro atoms. The van der Waals surface area contributed by atoms with Gasteiger partial charge >= 0.3 is 13.2 Å². The highest BCUT2D eigenvalue weighted by Gasteiger charge is 2.52. The predicted octanol–water partition coefficient (Wildman–Crippen LogP) is 2.73. The van der Waals surface area contributed by atoms with Crippen LogP contribution in [0.15, 0.2) is 17.6 Å². The van der Waals surface area contributed by atoms with E-state index >= 15 is 0 Å². The number of ether oxygens (including phenoxy) is 1. The van der Waals surface area contributed by atoms with E-state index in [-0.39, 0.29) is 17.0 Å². The van der Waals surface area contributed by atoms with Gasteiger partial charge in [-0.3, -0.25) is 0 Å². The zero-order valence-corrected chi connectivity index (χ0v) is 21.6. The minimum Gasteiger partial charge on any atom is -0.444 e. The molecule has 184 valence electrons. The SMILES string of the molecule is CC(C)(C)OC(=O)N1CCCC[C@@H]1CCS(=O)(=O)c1ncc(B2OC(C)(C)C(C)(C)O2)cn1. The highest BCUT2D eigenvalue weighted by molar-refractivity contribution is 7.91. The van der Waals surface area contributed by atoms with Gasteiger partial charge in [0.15, 0.2) is 0 Å². The summed E-state index contributed by atoms with van der Waals surface area (Å²) in [6, 6.07) is -0.188. The van der Waals surface area contributed by atoms with Crippen LogP contribution in [0.4, 0.5) is 4.79 Å². The zero-order chi connectivity index (χ0) is 24.7. The fraction of sp³-hybridized carbons (Fsp3) is 0.773. The molecule has 0 aromatic carbocycles. The second-order valence-electron chi connectivity index (χ2n) is 10.8. The van der Waals surface area contributed by atoms with Crippen molar-refractivity contribution in [2.24, 2.45) is 0 Å². The fourth-order valence-electron chi connectivity index (χ4n) is 3.83. The molecule has 0 aliphatic carbocycles. The van der Waals surface area contributed by atoms with E-state index in [1.807, 2.05) is 48.5 Å². The first-order chi connectivity index (χ1) is 15.1. The van der Waals surface area contributed by atoms with E-state index in [0.29, 0.717) is 18.4 Å². The van der Waals surface area contributed by atoms with E-state index < -0.39 is 39.9 Å². The van der Waals surface area contributed by atoms with Crippen LogP contribution in [0.25, 0.3) is 0 Å². The van der Waals surface area contributed by atoms with Crippen molar-refractivity contribution in [2.45, 2.75) is 102 Å². The topological polar surface area (TPSA) is 108 Å². The molecular weight excluding hydrogens is 445 g/mol. The Balaban J connectivity index is 1.65. The van der Waals surface area contributed by atoms with Crippen LogP contribution >= 0.6 is 0 Å². The third kappa shape index (κ3) is 6.05. The van der Waals surface area contributed by atoms with Crippen molar-refractivity contribution in [2.75, 3.05) is 12.3 Å². The number of piperidine rings is 1. The summed E-state index contributed by atoms with van der Waals surface area (Å²) in [5.74, 6) is -0.146. The average molecular weight is 481 g/mol. The van der Waals surface area contributed by atoms with Crippen LogP contribution in [-0.4, -0.2) is 71.6 Å². The minimum atomic E-state index is -3.71. The van der Waals surface area contributed by atoms with E-state index in [1.165, 1.54) is 12.4 Å². The number of likely N-dealkylation sites (tertiary alicyclic amines) is 1. The molecule has 3 heterocycles. The quantitative estimate of drug-likeness (QED) is 0.467. The van der Waals surface area contributed by atoms with Gasteiger partial charge < -0.3 is 18.9 Å². The van der Waals surface area contributed by atoms with Gasteiger partial charge in [-0.05, 0) is 74.1 Å². The van der Waals surface area contributed by atoms with Crippen LogP contribution in [0.3, 0.4) is 0 Å². The Labute approximate surface area is 197 Å². The number of carbonyl (C=O) groups excluding carboxylic acids is 1. The van der Waals surface area contributed by atoms with Gasteiger partial charge in [-0.25, -0.2) is 23.2 Å². The summed E-state index contributed by atoms with van der Waals surface area (Å²) < 4.78 is 43.2. The molecule has 0 N–H and O–H groups in total.